The monoisotopic (exact) mass is 516 g/mol. The minimum absolute atomic E-state index is 0. The van der Waals surface area contributed by atoms with Crippen LogP contribution in [0.25, 0.3) is 0 Å². The molecule has 0 aliphatic carbocycles. The number of hydrogen-bond acceptors (Lipinski definition) is 5. The van der Waals surface area contributed by atoms with Gasteiger partial charge in [0.25, 0.3) is 0 Å². The van der Waals surface area contributed by atoms with E-state index in [1.165, 1.54) is 6.26 Å². The van der Waals surface area contributed by atoms with Crippen LogP contribution in [0.15, 0.2) is 23.3 Å². The van der Waals surface area contributed by atoms with E-state index in [1.807, 2.05) is 6.07 Å². The second-order valence-electron chi connectivity index (χ2n) is 6.16. The molecule has 148 valence electrons. The van der Waals surface area contributed by atoms with Crippen LogP contribution < -0.4 is 10.6 Å². The molecule has 1 saturated heterocycles. The van der Waals surface area contributed by atoms with E-state index in [2.05, 4.69) is 20.6 Å². The second kappa shape index (κ2) is 10.6. The van der Waals surface area contributed by atoms with Gasteiger partial charge in [0.2, 0.25) is 0 Å². The number of guanidine groups is 1. The van der Waals surface area contributed by atoms with Gasteiger partial charge in [-0.05, 0) is 30.9 Å². The van der Waals surface area contributed by atoms with Crippen LogP contribution in [-0.2, 0) is 21.0 Å². The van der Waals surface area contributed by atoms with Crippen LogP contribution in [0, 0.1) is 0 Å². The van der Waals surface area contributed by atoms with Crippen molar-refractivity contribution in [3.63, 3.8) is 0 Å². The van der Waals surface area contributed by atoms with Gasteiger partial charge in [-0.25, -0.2) is 13.4 Å². The average Bonchev–Trinajstić information content (AvgIpc) is 2.59. The molecule has 2 heterocycles. The molecule has 0 bridgehead atoms. The molecule has 1 aliphatic rings. The molecule has 0 amide bonds. The van der Waals surface area contributed by atoms with Gasteiger partial charge in [-0.1, -0.05) is 17.7 Å². The third-order valence-corrected chi connectivity index (χ3v) is 6.84. The Morgan fingerprint density at radius 1 is 1.35 bits per heavy atom. The van der Waals surface area contributed by atoms with E-state index in [0.717, 1.165) is 12.0 Å². The Morgan fingerprint density at radius 3 is 2.58 bits per heavy atom. The number of pyridine rings is 1. The molecule has 1 aromatic heterocycles. The number of nitrogens with one attached hydrogen (secondary N) is 2. The summed E-state index contributed by atoms with van der Waals surface area (Å²) in [5, 5.41) is 6.81. The van der Waals surface area contributed by atoms with Crippen LogP contribution in [0.3, 0.4) is 0 Å². The van der Waals surface area contributed by atoms with Gasteiger partial charge in [0.1, 0.15) is 5.15 Å². The van der Waals surface area contributed by atoms with Gasteiger partial charge in [0.15, 0.2) is 15.8 Å². The average molecular weight is 517 g/mol. The van der Waals surface area contributed by atoms with Crippen LogP contribution in [0.1, 0.15) is 18.4 Å². The normalized spacial score (nSPS) is 17.3. The van der Waals surface area contributed by atoms with E-state index >= 15 is 0 Å². The van der Waals surface area contributed by atoms with Crippen molar-refractivity contribution >= 4 is 51.4 Å². The van der Waals surface area contributed by atoms with Crippen molar-refractivity contribution in [1.82, 2.24) is 15.6 Å². The largest absolute Gasteiger partial charge is 0.381 e. The number of halogens is 2. The molecule has 0 radical (unpaired) electrons. The Labute approximate surface area is 177 Å². The van der Waals surface area contributed by atoms with Crippen molar-refractivity contribution in [1.29, 1.82) is 0 Å². The van der Waals surface area contributed by atoms with Gasteiger partial charge in [-0.3, -0.25) is 4.99 Å². The molecule has 1 fully saturated rings. The molecule has 0 saturated carbocycles. The van der Waals surface area contributed by atoms with Crippen molar-refractivity contribution < 1.29 is 13.2 Å². The minimum Gasteiger partial charge on any atom is -0.381 e. The van der Waals surface area contributed by atoms with E-state index in [0.29, 0.717) is 50.3 Å². The van der Waals surface area contributed by atoms with Crippen molar-refractivity contribution in [2.24, 2.45) is 4.99 Å². The summed E-state index contributed by atoms with van der Waals surface area (Å²) in [5.74, 6) is 0.580. The fourth-order valence-electron chi connectivity index (χ4n) is 2.77. The van der Waals surface area contributed by atoms with Crippen molar-refractivity contribution in [3.8, 4) is 0 Å². The van der Waals surface area contributed by atoms with E-state index in [1.54, 1.807) is 19.3 Å². The predicted molar refractivity (Wildman–Crippen MR) is 115 cm³/mol. The van der Waals surface area contributed by atoms with E-state index in [4.69, 9.17) is 16.3 Å². The maximum Gasteiger partial charge on any atom is 0.191 e. The first-order valence-electron chi connectivity index (χ1n) is 8.19. The topological polar surface area (TPSA) is 92.7 Å². The molecule has 26 heavy (non-hydrogen) atoms. The van der Waals surface area contributed by atoms with E-state index < -0.39 is 14.6 Å². The first kappa shape index (κ1) is 23.4. The second-order valence-corrected chi connectivity index (χ2v) is 8.96. The van der Waals surface area contributed by atoms with Gasteiger partial charge >= 0.3 is 0 Å². The van der Waals surface area contributed by atoms with Crippen LogP contribution >= 0.6 is 35.6 Å². The Hall–Kier alpha value is -0.650. The highest BCUT2D eigenvalue weighted by Gasteiger charge is 2.42. The molecule has 2 N–H and O–H groups in total. The third kappa shape index (κ3) is 6.50. The number of aromatic nitrogens is 1. The maximum atomic E-state index is 12.3. The lowest BCUT2D eigenvalue weighted by atomic mass is 9.99. The number of sulfone groups is 1. The quantitative estimate of drug-likeness (QED) is 0.259. The predicted octanol–water partition coefficient (Wildman–Crippen LogP) is 1.65. The van der Waals surface area contributed by atoms with Gasteiger partial charge in [0, 0.05) is 45.8 Å². The minimum atomic E-state index is -3.21. The van der Waals surface area contributed by atoms with Crippen LogP contribution in [0.4, 0.5) is 0 Å². The van der Waals surface area contributed by atoms with Crippen molar-refractivity contribution in [2.45, 2.75) is 24.0 Å². The lowest BCUT2D eigenvalue weighted by Gasteiger charge is -2.35. The zero-order valence-corrected chi connectivity index (χ0v) is 18.9. The van der Waals surface area contributed by atoms with Gasteiger partial charge in [-0.15, -0.1) is 24.0 Å². The number of rotatable bonds is 6. The summed E-state index contributed by atoms with van der Waals surface area (Å²) in [6, 6.07) is 3.68. The first-order chi connectivity index (χ1) is 11.9. The third-order valence-electron chi connectivity index (χ3n) is 4.49. The summed E-state index contributed by atoms with van der Waals surface area (Å²) in [7, 11) is -1.54. The lowest BCUT2D eigenvalue weighted by molar-refractivity contribution is 0.0756. The van der Waals surface area contributed by atoms with Crippen LogP contribution in [0.5, 0.6) is 0 Å². The molecule has 2 rings (SSSR count). The molecule has 0 atom stereocenters. The lowest BCUT2D eigenvalue weighted by Crippen LogP contribution is -2.53. The Morgan fingerprint density at radius 2 is 2.04 bits per heavy atom. The highest BCUT2D eigenvalue weighted by Crippen LogP contribution is 2.28. The zero-order chi connectivity index (χ0) is 18.3. The molecular weight excluding hydrogens is 491 g/mol. The number of ether oxygens (including phenoxy) is 1. The number of hydrogen-bond donors (Lipinski definition) is 2. The van der Waals surface area contributed by atoms with Gasteiger partial charge in [0.05, 0.1) is 4.75 Å². The summed E-state index contributed by atoms with van der Waals surface area (Å²) in [5.41, 5.74) is 1.06. The summed E-state index contributed by atoms with van der Waals surface area (Å²) in [6.07, 6.45) is 4.78. The summed E-state index contributed by atoms with van der Waals surface area (Å²) in [4.78, 5) is 8.21. The standard InChI is InChI=1S/C16H25ClN4O3S.HI/c1-18-15(19-8-5-13-3-4-14(17)20-11-13)21-12-16(25(2,22)23)6-9-24-10-7-16;/h3-4,11H,5-10,12H2,1-2H3,(H2,18,19,21);1H. The number of nitrogens with zero attached hydrogens (tertiary/aromatic N) is 2. The fourth-order valence-corrected chi connectivity index (χ4v) is 4.12. The molecule has 7 nitrogen and oxygen atoms in total. The summed E-state index contributed by atoms with van der Waals surface area (Å²) >= 11 is 5.77. The Balaban J connectivity index is 0.00000338. The van der Waals surface area contributed by atoms with Gasteiger partial charge in [-0.2, -0.15) is 0 Å². The molecular formula is C16H26ClIN4O3S. The number of aliphatic imine (C=N–C) groups is 1. The fraction of sp³-hybridized carbons (Fsp3) is 0.625. The Bertz CT molecular complexity index is 692. The van der Waals surface area contributed by atoms with E-state index in [-0.39, 0.29) is 24.0 Å². The van der Waals surface area contributed by atoms with Crippen molar-refractivity contribution in [3.05, 3.63) is 29.0 Å². The van der Waals surface area contributed by atoms with Gasteiger partial charge < -0.3 is 15.4 Å². The first-order valence-corrected chi connectivity index (χ1v) is 10.5. The summed E-state index contributed by atoms with van der Waals surface area (Å²) < 4.78 is 29.0. The molecule has 0 spiro atoms. The van der Waals surface area contributed by atoms with Crippen LogP contribution in [-0.4, -0.2) is 63.7 Å². The highest BCUT2D eigenvalue weighted by atomic mass is 127. The highest BCUT2D eigenvalue weighted by molar-refractivity contribution is 14.0. The molecule has 0 unspecified atom stereocenters. The molecule has 1 aliphatic heterocycles. The van der Waals surface area contributed by atoms with Crippen molar-refractivity contribution in [2.75, 3.05) is 39.6 Å². The van der Waals surface area contributed by atoms with E-state index in [9.17, 15) is 8.42 Å². The summed E-state index contributed by atoms with van der Waals surface area (Å²) in [6.45, 7) is 1.89. The SMILES string of the molecule is CN=C(NCCc1ccc(Cl)nc1)NCC1(S(C)(=O)=O)CCOCC1.I. The maximum absolute atomic E-state index is 12.3. The molecule has 1 aromatic rings. The zero-order valence-electron chi connectivity index (χ0n) is 15.0. The smallest absolute Gasteiger partial charge is 0.191 e. The molecule has 0 aromatic carbocycles. The van der Waals surface area contributed by atoms with Crippen LogP contribution in [0.2, 0.25) is 5.15 Å². The molecule has 10 heteroatoms. The Kier molecular flexibility index (Phi) is 9.56.